The van der Waals surface area contributed by atoms with Crippen LogP contribution in [0.15, 0.2) is 36.5 Å². The van der Waals surface area contributed by atoms with Gasteiger partial charge in [-0.1, -0.05) is 17.7 Å². The Balaban J connectivity index is 1.52. The maximum Gasteiger partial charge on any atom is 0.253 e. The third-order valence-corrected chi connectivity index (χ3v) is 5.94. The van der Waals surface area contributed by atoms with Gasteiger partial charge < -0.3 is 9.64 Å². The average molecular weight is 403 g/mol. The van der Waals surface area contributed by atoms with E-state index >= 15 is 0 Å². The monoisotopic (exact) mass is 402 g/mol. The minimum absolute atomic E-state index is 0.0260. The summed E-state index contributed by atoms with van der Waals surface area (Å²) < 4.78 is 7.11. The van der Waals surface area contributed by atoms with Crippen molar-refractivity contribution in [3.63, 3.8) is 0 Å². The number of likely N-dealkylation sites (tertiary alicyclic amines) is 1. The van der Waals surface area contributed by atoms with Crippen molar-refractivity contribution in [1.29, 1.82) is 0 Å². The number of benzene rings is 1. The lowest BCUT2D eigenvalue weighted by atomic mass is 9.82. The van der Waals surface area contributed by atoms with Crippen LogP contribution in [0.1, 0.15) is 29.6 Å². The summed E-state index contributed by atoms with van der Waals surface area (Å²) in [6, 6.07) is 8.88. The van der Waals surface area contributed by atoms with E-state index in [9.17, 15) is 9.59 Å². The van der Waals surface area contributed by atoms with Gasteiger partial charge in [-0.3, -0.25) is 14.5 Å². The normalized spacial score (nSPS) is 18.4. The molecule has 7 nitrogen and oxygen atoms in total. The van der Waals surface area contributed by atoms with Crippen LogP contribution in [0.4, 0.5) is 5.82 Å². The highest BCUT2D eigenvalue weighted by atomic mass is 35.5. The first-order chi connectivity index (χ1) is 13.5. The lowest BCUT2D eigenvalue weighted by Gasteiger charge is -2.46. The van der Waals surface area contributed by atoms with Crippen molar-refractivity contribution >= 4 is 29.2 Å². The topological polar surface area (TPSA) is 67.7 Å². The van der Waals surface area contributed by atoms with Crippen LogP contribution < -0.4 is 4.90 Å². The Morgan fingerprint density at radius 2 is 2.07 bits per heavy atom. The number of aromatic nitrogens is 2. The zero-order valence-corrected chi connectivity index (χ0v) is 16.6. The van der Waals surface area contributed by atoms with Crippen LogP contribution in [0.3, 0.4) is 0 Å². The van der Waals surface area contributed by atoms with E-state index in [1.807, 2.05) is 15.6 Å². The molecule has 1 aromatic carbocycles. The van der Waals surface area contributed by atoms with E-state index in [4.69, 9.17) is 16.3 Å². The van der Waals surface area contributed by atoms with Gasteiger partial charge in [0.1, 0.15) is 5.82 Å². The molecule has 1 aromatic heterocycles. The van der Waals surface area contributed by atoms with E-state index in [1.165, 1.54) is 0 Å². The lowest BCUT2D eigenvalue weighted by Crippen LogP contribution is -2.55. The Morgan fingerprint density at radius 3 is 2.79 bits per heavy atom. The Hall–Kier alpha value is -2.38. The van der Waals surface area contributed by atoms with Crippen molar-refractivity contribution in [3.05, 3.63) is 47.1 Å². The van der Waals surface area contributed by atoms with Gasteiger partial charge in [0, 0.05) is 36.9 Å². The first-order valence-electron chi connectivity index (χ1n) is 9.43. The molecule has 8 heteroatoms. The molecule has 2 aliphatic heterocycles. The Labute approximate surface area is 168 Å². The molecule has 1 spiro atoms. The van der Waals surface area contributed by atoms with E-state index in [0.717, 1.165) is 5.82 Å². The molecule has 0 bridgehead atoms. The second-order valence-corrected chi connectivity index (χ2v) is 7.78. The van der Waals surface area contributed by atoms with Crippen LogP contribution in [-0.2, 0) is 15.1 Å². The molecule has 3 heterocycles. The van der Waals surface area contributed by atoms with Gasteiger partial charge in [0.25, 0.3) is 5.91 Å². The van der Waals surface area contributed by atoms with Crippen molar-refractivity contribution in [2.24, 2.45) is 0 Å². The lowest BCUT2D eigenvalue weighted by molar-refractivity contribution is -0.123. The number of hydrogen-bond acceptors (Lipinski definition) is 4. The van der Waals surface area contributed by atoms with E-state index < -0.39 is 0 Å². The summed E-state index contributed by atoms with van der Waals surface area (Å²) in [7, 11) is 1.62. The summed E-state index contributed by atoms with van der Waals surface area (Å²) in [4.78, 5) is 29.2. The molecule has 28 heavy (non-hydrogen) atoms. The fraction of sp³-hybridized carbons (Fsp3) is 0.450. The summed E-state index contributed by atoms with van der Waals surface area (Å²) in [5.74, 6) is 0.865. The standard InChI is InChI=1S/C20H23ClN4O3/c1-28-12-11-24-17-5-8-22-25(17)20(14-18(24)26)6-9-23(10-7-20)19(27)15-3-2-4-16(21)13-15/h2-5,8,13H,6-7,9-12,14H2,1H3. The van der Waals surface area contributed by atoms with E-state index in [1.54, 1.807) is 42.5 Å². The van der Waals surface area contributed by atoms with Crippen LogP contribution in [0, 0.1) is 0 Å². The van der Waals surface area contributed by atoms with Gasteiger partial charge in [0.2, 0.25) is 5.91 Å². The molecule has 0 N–H and O–H groups in total. The molecular formula is C20H23ClN4O3. The van der Waals surface area contributed by atoms with Gasteiger partial charge in [-0.25, -0.2) is 4.68 Å². The van der Waals surface area contributed by atoms with Crippen molar-refractivity contribution in [2.45, 2.75) is 24.8 Å². The number of nitrogens with zero attached hydrogens (tertiary/aromatic N) is 4. The maximum absolute atomic E-state index is 12.8. The molecule has 148 valence electrons. The molecule has 0 aliphatic carbocycles. The van der Waals surface area contributed by atoms with Crippen LogP contribution in [0.2, 0.25) is 5.02 Å². The fourth-order valence-corrected chi connectivity index (χ4v) is 4.38. The summed E-state index contributed by atoms with van der Waals surface area (Å²) in [6.45, 7) is 2.15. The molecule has 2 amide bonds. The van der Waals surface area contributed by atoms with Gasteiger partial charge in [-0.15, -0.1) is 0 Å². The Kier molecular flexibility index (Phi) is 5.12. The molecule has 0 atom stereocenters. The van der Waals surface area contributed by atoms with Crippen LogP contribution in [-0.4, -0.2) is 59.8 Å². The molecule has 2 aromatic rings. The van der Waals surface area contributed by atoms with Crippen molar-refractivity contribution in [1.82, 2.24) is 14.7 Å². The fourth-order valence-electron chi connectivity index (χ4n) is 4.19. The second-order valence-electron chi connectivity index (χ2n) is 7.34. The van der Waals surface area contributed by atoms with Crippen LogP contribution in [0.25, 0.3) is 0 Å². The summed E-state index contributed by atoms with van der Waals surface area (Å²) >= 11 is 6.02. The highest BCUT2D eigenvalue weighted by Crippen LogP contribution is 2.41. The minimum atomic E-state index is -0.370. The number of fused-ring (bicyclic) bond motifs is 2. The summed E-state index contributed by atoms with van der Waals surface area (Å²) in [6.07, 6.45) is 3.51. The van der Waals surface area contributed by atoms with Crippen molar-refractivity contribution in [3.8, 4) is 0 Å². The number of carbonyl (C=O) groups excluding carboxylic acids is 2. The first-order valence-corrected chi connectivity index (χ1v) is 9.80. The second kappa shape index (κ2) is 7.56. The van der Waals surface area contributed by atoms with Gasteiger partial charge in [-0.05, 0) is 31.0 Å². The molecule has 4 rings (SSSR count). The highest BCUT2D eigenvalue weighted by molar-refractivity contribution is 6.30. The summed E-state index contributed by atoms with van der Waals surface area (Å²) in [5, 5.41) is 5.08. The number of ether oxygens (including phenoxy) is 1. The first kappa shape index (κ1) is 19.0. The third-order valence-electron chi connectivity index (χ3n) is 5.70. The minimum Gasteiger partial charge on any atom is -0.383 e. The largest absolute Gasteiger partial charge is 0.383 e. The van der Waals surface area contributed by atoms with Gasteiger partial charge in [-0.2, -0.15) is 5.10 Å². The molecule has 1 fully saturated rings. The highest BCUT2D eigenvalue weighted by Gasteiger charge is 2.46. The number of carbonyl (C=O) groups is 2. The number of hydrogen-bond donors (Lipinski definition) is 0. The van der Waals surface area contributed by atoms with Gasteiger partial charge >= 0.3 is 0 Å². The number of rotatable bonds is 4. The maximum atomic E-state index is 12.8. The Bertz CT molecular complexity index is 889. The molecule has 0 unspecified atom stereocenters. The predicted molar refractivity (Wildman–Crippen MR) is 106 cm³/mol. The van der Waals surface area contributed by atoms with Crippen molar-refractivity contribution < 1.29 is 14.3 Å². The molecule has 1 saturated heterocycles. The van der Waals surface area contributed by atoms with Crippen molar-refractivity contribution in [2.75, 3.05) is 38.3 Å². The Morgan fingerprint density at radius 1 is 1.29 bits per heavy atom. The molecule has 0 radical (unpaired) electrons. The number of piperidine rings is 1. The number of methoxy groups -OCH3 is 1. The average Bonchev–Trinajstić information content (AvgIpc) is 3.19. The number of amides is 2. The SMILES string of the molecule is COCCN1C(=O)CC2(CCN(C(=O)c3cccc(Cl)c3)CC2)n2nccc21. The third kappa shape index (κ3) is 3.29. The van der Waals surface area contributed by atoms with Crippen LogP contribution in [0.5, 0.6) is 0 Å². The van der Waals surface area contributed by atoms with Crippen LogP contribution >= 0.6 is 11.6 Å². The van der Waals surface area contributed by atoms with E-state index in [0.29, 0.717) is 56.1 Å². The predicted octanol–water partition coefficient (Wildman–Crippen LogP) is 2.55. The zero-order valence-electron chi connectivity index (χ0n) is 15.8. The number of halogens is 1. The molecule has 2 aliphatic rings. The smallest absolute Gasteiger partial charge is 0.253 e. The quantitative estimate of drug-likeness (QED) is 0.788. The van der Waals surface area contributed by atoms with Gasteiger partial charge in [0.15, 0.2) is 0 Å². The zero-order chi connectivity index (χ0) is 19.7. The molecular weight excluding hydrogens is 380 g/mol. The van der Waals surface area contributed by atoms with E-state index in [-0.39, 0.29) is 17.4 Å². The summed E-state index contributed by atoms with van der Waals surface area (Å²) in [5.41, 5.74) is 0.221. The number of anilines is 1. The van der Waals surface area contributed by atoms with E-state index in [2.05, 4.69) is 5.10 Å². The molecule has 0 saturated carbocycles. The van der Waals surface area contributed by atoms with Gasteiger partial charge in [0.05, 0.1) is 31.3 Å².